The summed E-state index contributed by atoms with van der Waals surface area (Å²) in [6.07, 6.45) is 1.92. The monoisotopic (exact) mass is 331 g/mol. The number of nitrogens with zero attached hydrogens (tertiary/aromatic N) is 3. The molecule has 0 saturated carbocycles. The fraction of sp³-hybridized carbons (Fsp3) is 0.556. The van der Waals surface area contributed by atoms with Crippen LogP contribution in [0, 0.1) is 26.7 Å². The Bertz CT molecular complexity index is 724. The summed E-state index contributed by atoms with van der Waals surface area (Å²) in [6, 6.07) is 3.80. The minimum Gasteiger partial charge on any atom is -0.396 e. The standard InChI is InChI=1S/C18H25N3O3/c1-12-8-16(14(3)21(12)18-9-13(2)24-19-18)17(23)10-20-6-4-15(11-22)5-7-20/h8-9,15,22H,4-7,10-11H2,1-3H3. The molecule has 6 nitrogen and oxygen atoms in total. The molecule has 1 saturated heterocycles. The number of piperidine rings is 1. The highest BCUT2D eigenvalue weighted by molar-refractivity contribution is 5.99. The lowest BCUT2D eigenvalue weighted by atomic mass is 9.97. The molecule has 0 atom stereocenters. The van der Waals surface area contributed by atoms with Crippen LogP contribution in [-0.2, 0) is 0 Å². The molecule has 130 valence electrons. The molecule has 0 bridgehead atoms. The molecule has 0 aromatic carbocycles. The highest BCUT2D eigenvalue weighted by Crippen LogP contribution is 2.22. The van der Waals surface area contributed by atoms with Gasteiger partial charge in [-0.1, -0.05) is 5.16 Å². The smallest absolute Gasteiger partial charge is 0.180 e. The van der Waals surface area contributed by atoms with Crippen LogP contribution in [0.3, 0.4) is 0 Å². The van der Waals surface area contributed by atoms with Crippen molar-refractivity contribution in [1.29, 1.82) is 0 Å². The molecular weight excluding hydrogens is 306 g/mol. The van der Waals surface area contributed by atoms with E-state index < -0.39 is 0 Å². The maximum Gasteiger partial charge on any atom is 0.180 e. The second-order valence-electron chi connectivity index (χ2n) is 6.74. The van der Waals surface area contributed by atoms with Gasteiger partial charge in [0.05, 0.1) is 6.54 Å². The number of hydrogen-bond acceptors (Lipinski definition) is 5. The SMILES string of the molecule is Cc1cc(-n2c(C)cc(C(=O)CN3CCC(CO)CC3)c2C)no1. The molecule has 0 radical (unpaired) electrons. The fourth-order valence-corrected chi connectivity index (χ4v) is 3.47. The second-order valence-corrected chi connectivity index (χ2v) is 6.74. The number of aliphatic hydroxyl groups is 1. The summed E-state index contributed by atoms with van der Waals surface area (Å²) in [5.74, 6) is 1.98. The number of aliphatic hydroxyl groups excluding tert-OH is 1. The minimum absolute atomic E-state index is 0.136. The van der Waals surface area contributed by atoms with E-state index in [-0.39, 0.29) is 12.4 Å². The van der Waals surface area contributed by atoms with E-state index in [1.807, 2.05) is 37.5 Å². The number of likely N-dealkylation sites (tertiary alicyclic amines) is 1. The molecule has 6 heteroatoms. The number of aromatic nitrogens is 2. The molecule has 1 aliphatic rings. The van der Waals surface area contributed by atoms with Crippen molar-refractivity contribution >= 4 is 5.78 Å². The lowest BCUT2D eigenvalue weighted by Crippen LogP contribution is -2.38. The Labute approximate surface area is 142 Å². The fourth-order valence-electron chi connectivity index (χ4n) is 3.47. The molecule has 0 unspecified atom stereocenters. The zero-order chi connectivity index (χ0) is 17.3. The zero-order valence-corrected chi connectivity index (χ0v) is 14.6. The number of ketones is 1. The molecule has 1 fully saturated rings. The molecular formula is C18H25N3O3. The zero-order valence-electron chi connectivity index (χ0n) is 14.6. The summed E-state index contributed by atoms with van der Waals surface area (Å²) in [6.45, 7) is 8.20. The van der Waals surface area contributed by atoms with E-state index >= 15 is 0 Å². The molecule has 0 amide bonds. The van der Waals surface area contributed by atoms with Crippen molar-refractivity contribution in [3.63, 3.8) is 0 Å². The van der Waals surface area contributed by atoms with Gasteiger partial charge in [0, 0.05) is 29.6 Å². The van der Waals surface area contributed by atoms with E-state index in [9.17, 15) is 9.90 Å². The summed E-state index contributed by atoms with van der Waals surface area (Å²) < 4.78 is 7.12. The van der Waals surface area contributed by atoms with Gasteiger partial charge in [-0.25, -0.2) is 0 Å². The number of carbonyl (C=O) groups is 1. The van der Waals surface area contributed by atoms with Crippen molar-refractivity contribution in [1.82, 2.24) is 14.6 Å². The predicted molar refractivity (Wildman–Crippen MR) is 90.6 cm³/mol. The lowest BCUT2D eigenvalue weighted by molar-refractivity contribution is 0.0863. The molecule has 3 heterocycles. The van der Waals surface area contributed by atoms with Gasteiger partial charge in [0.15, 0.2) is 11.6 Å². The second kappa shape index (κ2) is 6.91. The Morgan fingerprint density at radius 2 is 2.00 bits per heavy atom. The van der Waals surface area contributed by atoms with Gasteiger partial charge in [-0.3, -0.25) is 14.3 Å². The van der Waals surface area contributed by atoms with Crippen LogP contribution >= 0.6 is 0 Å². The van der Waals surface area contributed by atoms with Crippen molar-refractivity contribution in [2.45, 2.75) is 33.6 Å². The van der Waals surface area contributed by atoms with Crippen LogP contribution in [0.15, 0.2) is 16.7 Å². The van der Waals surface area contributed by atoms with E-state index in [1.165, 1.54) is 0 Å². The average Bonchev–Trinajstić information content (AvgIpc) is 3.11. The van der Waals surface area contributed by atoms with Gasteiger partial charge in [-0.2, -0.15) is 0 Å². The summed E-state index contributed by atoms with van der Waals surface area (Å²) in [5.41, 5.74) is 2.62. The maximum absolute atomic E-state index is 12.7. The van der Waals surface area contributed by atoms with E-state index in [0.717, 1.165) is 48.6 Å². The topological polar surface area (TPSA) is 71.5 Å². The number of aryl methyl sites for hydroxylation is 2. The quantitative estimate of drug-likeness (QED) is 0.851. The van der Waals surface area contributed by atoms with Gasteiger partial charge in [-0.05, 0) is 58.7 Å². The number of rotatable bonds is 5. The number of carbonyl (C=O) groups excluding carboxylic acids is 1. The van der Waals surface area contributed by atoms with Crippen LogP contribution in [0.2, 0.25) is 0 Å². The van der Waals surface area contributed by atoms with Gasteiger partial charge < -0.3 is 9.63 Å². The third kappa shape index (κ3) is 3.30. The summed E-state index contributed by atoms with van der Waals surface area (Å²) in [7, 11) is 0. The van der Waals surface area contributed by atoms with Crippen molar-refractivity contribution in [3.05, 3.63) is 34.8 Å². The van der Waals surface area contributed by atoms with Crippen molar-refractivity contribution in [2.24, 2.45) is 5.92 Å². The highest BCUT2D eigenvalue weighted by atomic mass is 16.5. The van der Waals surface area contributed by atoms with Gasteiger partial charge in [0.25, 0.3) is 0 Å². The predicted octanol–water partition coefficient (Wildman–Crippen LogP) is 2.28. The largest absolute Gasteiger partial charge is 0.396 e. The van der Waals surface area contributed by atoms with E-state index in [0.29, 0.717) is 18.3 Å². The summed E-state index contributed by atoms with van der Waals surface area (Å²) in [4.78, 5) is 14.9. The first-order valence-corrected chi connectivity index (χ1v) is 8.48. The Balaban J connectivity index is 1.74. The molecule has 0 spiro atoms. The van der Waals surface area contributed by atoms with Crippen LogP contribution in [-0.4, -0.2) is 51.8 Å². The van der Waals surface area contributed by atoms with Crippen LogP contribution < -0.4 is 0 Å². The molecule has 24 heavy (non-hydrogen) atoms. The van der Waals surface area contributed by atoms with Crippen molar-refractivity contribution in [2.75, 3.05) is 26.2 Å². The molecule has 1 aliphatic heterocycles. The van der Waals surface area contributed by atoms with Crippen molar-refractivity contribution < 1.29 is 14.4 Å². The Hall–Kier alpha value is -1.92. The third-order valence-electron chi connectivity index (χ3n) is 4.91. The first-order chi connectivity index (χ1) is 11.5. The summed E-state index contributed by atoms with van der Waals surface area (Å²) in [5, 5.41) is 13.3. The van der Waals surface area contributed by atoms with Crippen LogP contribution in [0.5, 0.6) is 0 Å². The van der Waals surface area contributed by atoms with Gasteiger partial charge >= 0.3 is 0 Å². The van der Waals surface area contributed by atoms with E-state index in [1.54, 1.807) is 0 Å². The van der Waals surface area contributed by atoms with Crippen LogP contribution in [0.4, 0.5) is 0 Å². The molecule has 2 aromatic heterocycles. The first kappa shape index (κ1) is 16.9. The van der Waals surface area contributed by atoms with Gasteiger partial charge in [-0.15, -0.1) is 0 Å². The Morgan fingerprint density at radius 3 is 2.58 bits per heavy atom. The molecule has 0 aliphatic carbocycles. The Kier molecular flexibility index (Phi) is 4.87. The van der Waals surface area contributed by atoms with Crippen LogP contribution in [0.25, 0.3) is 5.82 Å². The average molecular weight is 331 g/mol. The minimum atomic E-state index is 0.136. The highest BCUT2D eigenvalue weighted by Gasteiger charge is 2.23. The molecule has 2 aromatic rings. The number of Topliss-reactive ketones (excluding diaryl/α,β-unsaturated/α-hetero) is 1. The first-order valence-electron chi connectivity index (χ1n) is 8.48. The Morgan fingerprint density at radius 1 is 1.29 bits per heavy atom. The molecule has 3 rings (SSSR count). The van der Waals surface area contributed by atoms with Gasteiger partial charge in [0.2, 0.25) is 0 Å². The van der Waals surface area contributed by atoms with E-state index in [2.05, 4.69) is 10.1 Å². The molecule has 1 N–H and O–H groups in total. The van der Waals surface area contributed by atoms with Crippen molar-refractivity contribution in [3.8, 4) is 5.82 Å². The van der Waals surface area contributed by atoms with Crippen LogP contribution in [0.1, 0.15) is 40.3 Å². The normalized spacial score (nSPS) is 16.7. The third-order valence-corrected chi connectivity index (χ3v) is 4.91. The lowest BCUT2D eigenvalue weighted by Gasteiger charge is -2.30. The summed E-state index contributed by atoms with van der Waals surface area (Å²) >= 11 is 0. The maximum atomic E-state index is 12.7. The van der Waals surface area contributed by atoms with Gasteiger partial charge in [0.1, 0.15) is 5.76 Å². The van der Waals surface area contributed by atoms with E-state index in [4.69, 9.17) is 4.52 Å². The number of hydrogen-bond donors (Lipinski definition) is 1.